The van der Waals surface area contributed by atoms with Crippen LogP contribution in [0.2, 0.25) is 0 Å². The van der Waals surface area contributed by atoms with Crippen LogP contribution in [0.3, 0.4) is 0 Å². The van der Waals surface area contributed by atoms with Gasteiger partial charge in [-0.2, -0.15) is 22.0 Å². The smallest absolute Gasteiger partial charge is 0.416 e. The molecule has 0 bridgehead atoms. The number of hydrogen-bond donors (Lipinski definition) is 0. The SMILES string of the molecule is CSC(F)(F)c1nnc(Oc2ccc(C)cc2-c2cccc(C(F)(F)F)c2)s1. The first kappa shape index (κ1) is 20.5. The Morgan fingerprint density at radius 2 is 1.75 bits per heavy atom. The van der Waals surface area contributed by atoms with E-state index in [4.69, 9.17) is 4.74 Å². The quantitative estimate of drug-likeness (QED) is 0.419. The molecule has 0 fully saturated rings. The Morgan fingerprint density at radius 1 is 1.00 bits per heavy atom. The molecule has 1 aromatic heterocycles. The molecule has 28 heavy (non-hydrogen) atoms. The maximum atomic E-state index is 13.7. The van der Waals surface area contributed by atoms with Gasteiger partial charge < -0.3 is 4.74 Å². The van der Waals surface area contributed by atoms with Crippen LogP contribution in [0.4, 0.5) is 22.0 Å². The molecule has 0 aliphatic rings. The highest BCUT2D eigenvalue weighted by Gasteiger charge is 2.35. The molecule has 1 heterocycles. The number of halogens is 5. The number of benzene rings is 2. The highest BCUT2D eigenvalue weighted by atomic mass is 32.2. The molecule has 0 amide bonds. The third kappa shape index (κ3) is 4.44. The summed E-state index contributed by atoms with van der Waals surface area (Å²) in [6, 6.07) is 9.71. The van der Waals surface area contributed by atoms with Crippen LogP contribution >= 0.6 is 23.1 Å². The van der Waals surface area contributed by atoms with Crippen molar-refractivity contribution in [2.45, 2.75) is 18.4 Å². The Hall–Kier alpha value is -2.20. The van der Waals surface area contributed by atoms with Crippen molar-refractivity contribution in [2.75, 3.05) is 6.26 Å². The van der Waals surface area contributed by atoms with Crippen LogP contribution in [0.25, 0.3) is 11.1 Å². The van der Waals surface area contributed by atoms with Crippen LogP contribution in [0, 0.1) is 6.92 Å². The van der Waals surface area contributed by atoms with Gasteiger partial charge in [-0.25, -0.2) is 0 Å². The summed E-state index contributed by atoms with van der Waals surface area (Å²) in [5.74, 6) is 0.195. The molecular formula is C18H13F5N2OS2. The molecule has 0 N–H and O–H groups in total. The van der Waals surface area contributed by atoms with Gasteiger partial charge in [-0.3, -0.25) is 0 Å². The highest BCUT2D eigenvalue weighted by molar-refractivity contribution is 7.99. The van der Waals surface area contributed by atoms with Crippen molar-refractivity contribution in [2.24, 2.45) is 0 Å². The molecule has 0 atom stereocenters. The number of aromatic nitrogens is 2. The lowest BCUT2D eigenvalue weighted by Crippen LogP contribution is -2.06. The number of alkyl halides is 5. The van der Waals surface area contributed by atoms with E-state index in [2.05, 4.69) is 10.2 Å². The van der Waals surface area contributed by atoms with Crippen molar-refractivity contribution in [3.63, 3.8) is 0 Å². The first-order valence-corrected chi connectivity index (χ1v) is 9.87. The third-order valence-corrected chi connectivity index (χ3v) is 5.45. The summed E-state index contributed by atoms with van der Waals surface area (Å²) >= 11 is 0.898. The predicted octanol–water partition coefficient (Wildman–Crippen LogP) is 6.74. The fourth-order valence-electron chi connectivity index (χ4n) is 2.37. The van der Waals surface area contributed by atoms with Gasteiger partial charge in [0.1, 0.15) is 5.75 Å². The van der Waals surface area contributed by atoms with Crippen molar-refractivity contribution in [1.82, 2.24) is 10.2 Å². The van der Waals surface area contributed by atoms with Crippen LogP contribution in [0.5, 0.6) is 10.9 Å². The van der Waals surface area contributed by atoms with Gasteiger partial charge in [0.2, 0.25) is 5.01 Å². The zero-order chi connectivity index (χ0) is 20.5. The summed E-state index contributed by atoms with van der Waals surface area (Å²) in [4.78, 5) is 0. The minimum atomic E-state index is -4.49. The van der Waals surface area contributed by atoms with Crippen LogP contribution in [0.1, 0.15) is 16.1 Å². The summed E-state index contributed by atoms with van der Waals surface area (Å²) in [7, 11) is 0. The van der Waals surface area contributed by atoms with Crippen LogP contribution in [-0.4, -0.2) is 16.5 Å². The van der Waals surface area contributed by atoms with E-state index >= 15 is 0 Å². The molecule has 0 saturated carbocycles. The lowest BCUT2D eigenvalue weighted by atomic mass is 10.00. The number of thioether (sulfide) groups is 1. The average molecular weight is 432 g/mol. The van der Waals surface area contributed by atoms with Crippen molar-refractivity contribution < 1.29 is 26.7 Å². The largest absolute Gasteiger partial charge is 0.429 e. The molecular weight excluding hydrogens is 419 g/mol. The third-order valence-electron chi connectivity index (χ3n) is 3.75. The van der Waals surface area contributed by atoms with E-state index in [0.717, 1.165) is 17.7 Å². The van der Waals surface area contributed by atoms with Gasteiger partial charge in [0.25, 0.3) is 5.19 Å². The van der Waals surface area contributed by atoms with E-state index in [9.17, 15) is 22.0 Å². The molecule has 0 aliphatic carbocycles. The molecule has 0 aliphatic heterocycles. The molecule has 148 valence electrons. The van der Waals surface area contributed by atoms with Crippen molar-refractivity contribution in [1.29, 1.82) is 0 Å². The topological polar surface area (TPSA) is 35.0 Å². The Morgan fingerprint density at radius 3 is 2.43 bits per heavy atom. The van der Waals surface area contributed by atoms with Crippen LogP contribution < -0.4 is 4.74 Å². The summed E-state index contributed by atoms with van der Waals surface area (Å²) in [6.45, 7) is 1.78. The van der Waals surface area contributed by atoms with Crippen LogP contribution in [-0.2, 0) is 11.4 Å². The fraction of sp³-hybridized carbons (Fsp3) is 0.222. The van der Waals surface area contributed by atoms with Crippen molar-refractivity contribution in [3.8, 4) is 22.1 Å². The van der Waals surface area contributed by atoms with E-state index < -0.39 is 22.0 Å². The minimum Gasteiger partial charge on any atom is -0.429 e. The maximum Gasteiger partial charge on any atom is 0.416 e. The number of ether oxygens (including phenoxy) is 1. The number of aryl methyl sites for hydroxylation is 1. The van der Waals surface area contributed by atoms with E-state index in [-0.39, 0.29) is 16.5 Å². The summed E-state index contributed by atoms with van der Waals surface area (Å²) in [6.07, 6.45) is -3.24. The van der Waals surface area contributed by atoms with Gasteiger partial charge in [0, 0.05) is 5.56 Å². The standard InChI is InChI=1S/C18H13F5N2OS2/c1-10-6-7-14(26-16-25-24-15(28-16)18(22,23)27-2)13(8-10)11-4-3-5-12(9-11)17(19,20)21/h3-9H,1-2H3. The first-order chi connectivity index (χ1) is 13.1. The van der Waals surface area contributed by atoms with Gasteiger partial charge in [0.15, 0.2) is 0 Å². The number of hydrogen-bond acceptors (Lipinski definition) is 5. The molecule has 3 aromatic rings. The molecule has 10 heteroatoms. The zero-order valence-electron chi connectivity index (χ0n) is 14.6. The predicted molar refractivity (Wildman–Crippen MR) is 99.0 cm³/mol. The minimum absolute atomic E-state index is 0.124. The Labute approximate surface area is 165 Å². The Kier molecular flexibility index (Phi) is 5.62. The van der Waals surface area contributed by atoms with E-state index in [1.54, 1.807) is 25.1 Å². The molecule has 0 spiro atoms. The van der Waals surface area contributed by atoms with Crippen molar-refractivity contribution >= 4 is 23.1 Å². The Bertz CT molecular complexity index is 988. The lowest BCUT2D eigenvalue weighted by Gasteiger charge is -2.13. The summed E-state index contributed by atoms with van der Waals surface area (Å²) < 4.78 is 72.1. The normalized spacial score (nSPS) is 12.2. The molecule has 3 rings (SSSR count). The number of nitrogens with zero attached hydrogens (tertiary/aromatic N) is 2. The monoisotopic (exact) mass is 432 g/mol. The van der Waals surface area contributed by atoms with Crippen molar-refractivity contribution in [3.05, 3.63) is 58.6 Å². The van der Waals surface area contributed by atoms with Gasteiger partial charge >= 0.3 is 11.4 Å². The molecule has 0 saturated heterocycles. The Balaban J connectivity index is 1.99. The van der Waals surface area contributed by atoms with E-state index in [1.165, 1.54) is 18.4 Å². The average Bonchev–Trinajstić information content (AvgIpc) is 3.12. The highest BCUT2D eigenvalue weighted by Crippen LogP contribution is 2.43. The second kappa shape index (κ2) is 7.67. The zero-order valence-corrected chi connectivity index (χ0v) is 16.2. The van der Waals surface area contributed by atoms with Crippen LogP contribution in [0.15, 0.2) is 42.5 Å². The van der Waals surface area contributed by atoms with Gasteiger partial charge in [-0.05, 0) is 43.0 Å². The fourth-order valence-corrected chi connectivity index (χ4v) is 3.54. The lowest BCUT2D eigenvalue weighted by molar-refractivity contribution is -0.137. The van der Waals surface area contributed by atoms with Gasteiger partial charge in [-0.1, -0.05) is 52.0 Å². The molecule has 0 radical (unpaired) electrons. The summed E-state index contributed by atoms with van der Waals surface area (Å²) in [5.41, 5.74) is 0.675. The summed E-state index contributed by atoms with van der Waals surface area (Å²) in [5, 5.41) is 3.22. The molecule has 0 unspecified atom stereocenters. The van der Waals surface area contributed by atoms with E-state index in [1.807, 2.05) is 0 Å². The molecule has 2 aromatic carbocycles. The molecule has 3 nitrogen and oxygen atoms in total. The van der Waals surface area contributed by atoms with Gasteiger partial charge in [-0.15, -0.1) is 5.10 Å². The second-order valence-corrected chi connectivity index (χ2v) is 7.64. The van der Waals surface area contributed by atoms with E-state index in [0.29, 0.717) is 28.7 Å². The maximum absolute atomic E-state index is 13.7. The number of rotatable bonds is 5. The van der Waals surface area contributed by atoms with Gasteiger partial charge in [0.05, 0.1) is 5.56 Å². The first-order valence-electron chi connectivity index (χ1n) is 7.83. The second-order valence-electron chi connectivity index (χ2n) is 5.77.